The van der Waals surface area contributed by atoms with Gasteiger partial charge in [0, 0.05) is 21.1 Å². The molecule has 2 aromatic rings. The third kappa shape index (κ3) is 3.98. The molecule has 0 aromatic heterocycles. The number of hydrogen-bond acceptors (Lipinski definition) is 2. The van der Waals surface area contributed by atoms with Crippen LogP contribution in [0.5, 0.6) is 5.75 Å². The maximum absolute atomic E-state index is 6.07. The average molecular weight is 355 g/mol. The molecule has 106 valence electrons. The molecule has 2 rings (SSSR count). The molecule has 0 amide bonds. The summed E-state index contributed by atoms with van der Waals surface area (Å²) in [5, 5.41) is 3.93. The van der Waals surface area contributed by atoms with Gasteiger partial charge in [0.05, 0.1) is 0 Å². The van der Waals surface area contributed by atoms with Crippen molar-refractivity contribution in [3.05, 3.63) is 63.1 Å². The van der Waals surface area contributed by atoms with E-state index in [2.05, 4.69) is 34.2 Å². The molecule has 0 bridgehead atoms. The van der Waals surface area contributed by atoms with E-state index in [9.17, 15) is 0 Å². The Morgan fingerprint density at radius 1 is 1.25 bits per heavy atom. The van der Waals surface area contributed by atoms with E-state index in [4.69, 9.17) is 16.3 Å². The minimum Gasteiger partial charge on any atom is -0.489 e. The SMILES string of the molecule is CNC(C)c1cc(Cl)ccc1OCc1cccc(Br)c1. The van der Waals surface area contributed by atoms with Gasteiger partial charge in [-0.2, -0.15) is 0 Å². The maximum Gasteiger partial charge on any atom is 0.124 e. The highest BCUT2D eigenvalue weighted by molar-refractivity contribution is 9.10. The predicted octanol–water partition coefficient (Wildman–Crippen LogP) is 4.96. The van der Waals surface area contributed by atoms with Crippen LogP contribution in [0.15, 0.2) is 46.9 Å². The highest BCUT2D eigenvalue weighted by atomic mass is 79.9. The number of halogens is 2. The lowest BCUT2D eigenvalue weighted by Gasteiger charge is -2.17. The Kier molecular flexibility index (Phi) is 5.46. The summed E-state index contributed by atoms with van der Waals surface area (Å²) in [5.74, 6) is 0.858. The largest absolute Gasteiger partial charge is 0.489 e. The van der Waals surface area contributed by atoms with Crippen molar-refractivity contribution in [2.75, 3.05) is 7.05 Å². The van der Waals surface area contributed by atoms with E-state index < -0.39 is 0 Å². The Bertz CT molecular complexity index is 588. The Balaban J connectivity index is 2.16. The summed E-state index contributed by atoms with van der Waals surface area (Å²) < 4.78 is 6.99. The van der Waals surface area contributed by atoms with Crippen LogP contribution in [0, 0.1) is 0 Å². The molecular formula is C16H17BrClNO. The van der Waals surface area contributed by atoms with Gasteiger partial charge >= 0.3 is 0 Å². The van der Waals surface area contributed by atoms with Gasteiger partial charge in [-0.05, 0) is 49.9 Å². The molecule has 0 saturated heterocycles. The van der Waals surface area contributed by atoms with Crippen molar-refractivity contribution in [2.24, 2.45) is 0 Å². The van der Waals surface area contributed by atoms with E-state index in [0.29, 0.717) is 6.61 Å². The summed E-state index contributed by atoms with van der Waals surface area (Å²) in [6, 6.07) is 14.0. The van der Waals surface area contributed by atoms with E-state index in [1.165, 1.54) is 0 Å². The summed E-state index contributed by atoms with van der Waals surface area (Å²) in [6.45, 7) is 2.61. The molecule has 0 aliphatic rings. The van der Waals surface area contributed by atoms with Crippen molar-refractivity contribution in [1.82, 2.24) is 5.32 Å². The zero-order chi connectivity index (χ0) is 14.5. The molecule has 1 unspecified atom stereocenters. The number of rotatable bonds is 5. The van der Waals surface area contributed by atoms with Crippen molar-refractivity contribution in [1.29, 1.82) is 0 Å². The highest BCUT2D eigenvalue weighted by Gasteiger charge is 2.11. The fourth-order valence-corrected chi connectivity index (χ4v) is 2.56. The molecule has 0 radical (unpaired) electrons. The third-order valence-electron chi connectivity index (χ3n) is 3.15. The van der Waals surface area contributed by atoms with Crippen molar-refractivity contribution in [3.63, 3.8) is 0 Å². The van der Waals surface area contributed by atoms with Crippen LogP contribution < -0.4 is 10.1 Å². The smallest absolute Gasteiger partial charge is 0.124 e. The molecule has 1 N–H and O–H groups in total. The minimum absolute atomic E-state index is 0.186. The molecule has 0 spiro atoms. The lowest BCUT2D eigenvalue weighted by molar-refractivity contribution is 0.300. The summed E-state index contributed by atoms with van der Waals surface area (Å²) >= 11 is 9.53. The predicted molar refractivity (Wildman–Crippen MR) is 87.4 cm³/mol. The number of nitrogens with one attached hydrogen (secondary N) is 1. The first-order valence-electron chi connectivity index (χ1n) is 6.44. The summed E-state index contributed by atoms with van der Waals surface area (Å²) in [6.07, 6.45) is 0. The first-order valence-corrected chi connectivity index (χ1v) is 7.61. The first-order chi connectivity index (χ1) is 9.60. The number of ether oxygens (including phenoxy) is 1. The molecule has 2 nitrogen and oxygen atoms in total. The second-order valence-electron chi connectivity index (χ2n) is 4.61. The zero-order valence-corrected chi connectivity index (χ0v) is 13.8. The Morgan fingerprint density at radius 3 is 2.75 bits per heavy atom. The molecule has 0 aliphatic carbocycles. The van der Waals surface area contributed by atoms with Gasteiger partial charge in [0.15, 0.2) is 0 Å². The van der Waals surface area contributed by atoms with Gasteiger partial charge in [-0.15, -0.1) is 0 Å². The van der Waals surface area contributed by atoms with Gasteiger partial charge in [-0.3, -0.25) is 0 Å². The number of benzene rings is 2. The van der Waals surface area contributed by atoms with Gasteiger partial charge in [-0.1, -0.05) is 39.7 Å². The first kappa shape index (κ1) is 15.4. The van der Waals surface area contributed by atoms with Crippen LogP contribution in [0.25, 0.3) is 0 Å². The Labute approximate surface area is 133 Å². The van der Waals surface area contributed by atoms with Crippen LogP contribution >= 0.6 is 27.5 Å². The molecule has 20 heavy (non-hydrogen) atoms. The third-order valence-corrected chi connectivity index (χ3v) is 3.88. The van der Waals surface area contributed by atoms with Gasteiger partial charge in [0.2, 0.25) is 0 Å². The van der Waals surface area contributed by atoms with Crippen molar-refractivity contribution >= 4 is 27.5 Å². The summed E-state index contributed by atoms with van der Waals surface area (Å²) in [5.41, 5.74) is 2.19. The Hall–Kier alpha value is -1.03. The molecule has 0 saturated carbocycles. The topological polar surface area (TPSA) is 21.3 Å². The van der Waals surface area contributed by atoms with Crippen LogP contribution in [0.3, 0.4) is 0 Å². The van der Waals surface area contributed by atoms with E-state index in [0.717, 1.165) is 26.4 Å². The molecule has 4 heteroatoms. The Morgan fingerprint density at radius 2 is 2.05 bits per heavy atom. The van der Waals surface area contributed by atoms with Crippen molar-refractivity contribution < 1.29 is 4.74 Å². The average Bonchev–Trinajstić information content (AvgIpc) is 2.45. The second-order valence-corrected chi connectivity index (χ2v) is 5.96. The van der Waals surface area contributed by atoms with Crippen molar-refractivity contribution in [2.45, 2.75) is 19.6 Å². The van der Waals surface area contributed by atoms with Crippen molar-refractivity contribution in [3.8, 4) is 5.75 Å². The fraction of sp³-hybridized carbons (Fsp3) is 0.250. The summed E-state index contributed by atoms with van der Waals surface area (Å²) in [7, 11) is 1.92. The number of hydrogen-bond donors (Lipinski definition) is 1. The maximum atomic E-state index is 6.07. The normalized spacial score (nSPS) is 12.2. The standard InChI is InChI=1S/C16H17BrClNO/c1-11(19-2)15-9-14(18)6-7-16(15)20-10-12-4-3-5-13(17)8-12/h3-9,11,19H,10H2,1-2H3. The van der Waals surface area contributed by atoms with Crippen LogP contribution in [0.4, 0.5) is 0 Å². The van der Waals surface area contributed by atoms with Gasteiger partial charge < -0.3 is 10.1 Å². The lowest BCUT2D eigenvalue weighted by Crippen LogP contribution is -2.13. The minimum atomic E-state index is 0.186. The van der Waals surface area contributed by atoms with Crippen LogP contribution in [0.1, 0.15) is 24.1 Å². The van der Waals surface area contributed by atoms with Gasteiger partial charge in [-0.25, -0.2) is 0 Å². The molecule has 0 fully saturated rings. The van der Waals surface area contributed by atoms with E-state index in [-0.39, 0.29) is 6.04 Å². The van der Waals surface area contributed by atoms with E-state index in [1.807, 2.05) is 43.4 Å². The van der Waals surface area contributed by atoms with Gasteiger partial charge in [0.1, 0.15) is 12.4 Å². The summed E-state index contributed by atoms with van der Waals surface area (Å²) in [4.78, 5) is 0. The van der Waals surface area contributed by atoms with E-state index >= 15 is 0 Å². The fourth-order valence-electron chi connectivity index (χ4n) is 1.93. The van der Waals surface area contributed by atoms with Crippen LogP contribution in [-0.2, 0) is 6.61 Å². The highest BCUT2D eigenvalue weighted by Crippen LogP contribution is 2.29. The monoisotopic (exact) mass is 353 g/mol. The van der Waals surface area contributed by atoms with E-state index in [1.54, 1.807) is 0 Å². The lowest BCUT2D eigenvalue weighted by atomic mass is 10.1. The molecule has 0 aliphatic heterocycles. The van der Waals surface area contributed by atoms with Crippen LogP contribution in [-0.4, -0.2) is 7.05 Å². The van der Waals surface area contributed by atoms with Crippen LogP contribution in [0.2, 0.25) is 5.02 Å². The molecular weight excluding hydrogens is 338 g/mol. The van der Waals surface area contributed by atoms with Gasteiger partial charge in [0.25, 0.3) is 0 Å². The quantitative estimate of drug-likeness (QED) is 0.819. The molecule has 2 aromatic carbocycles. The molecule has 1 atom stereocenters. The zero-order valence-electron chi connectivity index (χ0n) is 11.5. The molecule has 0 heterocycles. The second kappa shape index (κ2) is 7.11.